The molecule has 1 aliphatic rings. The molecule has 1 aliphatic heterocycles. The summed E-state index contributed by atoms with van der Waals surface area (Å²) in [5, 5.41) is 0. The molecule has 0 amide bonds. The molecule has 0 saturated heterocycles. The highest BCUT2D eigenvalue weighted by Crippen LogP contribution is 2.35. The lowest BCUT2D eigenvalue weighted by Gasteiger charge is -2.16. The lowest BCUT2D eigenvalue weighted by atomic mass is 9.97. The first-order valence-electron chi connectivity index (χ1n) is 6.72. The summed E-state index contributed by atoms with van der Waals surface area (Å²) in [5.41, 5.74) is 1.85. The third-order valence-electron chi connectivity index (χ3n) is 3.33. The van der Waals surface area contributed by atoms with E-state index >= 15 is 0 Å². The van der Waals surface area contributed by atoms with Crippen molar-refractivity contribution in [2.45, 2.75) is 52.6 Å². The highest BCUT2D eigenvalue weighted by atomic mass is 16.5. The molecule has 1 aromatic rings. The average molecular weight is 246 g/mol. The molecule has 18 heavy (non-hydrogen) atoms. The fourth-order valence-electron chi connectivity index (χ4n) is 2.35. The number of ketones is 1. The maximum Gasteiger partial charge on any atom is 0.162 e. The zero-order valence-corrected chi connectivity index (χ0v) is 11.7. The lowest BCUT2D eigenvalue weighted by molar-refractivity contribution is 0.0975. The first-order valence-corrected chi connectivity index (χ1v) is 6.72. The van der Waals surface area contributed by atoms with Gasteiger partial charge in [-0.1, -0.05) is 13.8 Å². The molecule has 0 N–H and O–H groups in total. The molecule has 1 aromatic carbocycles. The topological polar surface area (TPSA) is 26.3 Å². The number of benzene rings is 1. The molecular weight excluding hydrogens is 224 g/mol. The Morgan fingerprint density at radius 2 is 2.11 bits per heavy atom. The van der Waals surface area contributed by atoms with E-state index in [9.17, 15) is 4.79 Å². The van der Waals surface area contributed by atoms with Gasteiger partial charge in [-0.25, -0.2) is 0 Å². The monoisotopic (exact) mass is 246 g/mol. The van der Waals surface area contributed by atoms with Crippen molar-refractivity contribution < 1.29 is 9.53 Å². The van der Waals surface area contributed by atoms with Crippen molar-refractivity contribution in [1.29, 1.82) is 0 Å². The maximum absolute atomic E-state index is 12.1. The van der Waals surface area contributed by atoms with Gasteiger partial charge in [0.1, 0.15) is 11.4 Å². The van der Waals surface area contributed by atoms with E-state index in [0.717, 1.165) is 29.7 Å². The Morgan fingerprint density at radius 3 is 2.78 bits per heavy atom. The fourth-order valence-corrected chi connectivity index (χ4v) is 2.35. The van der Waals surface area contributed by atoms with Crippen LogP contribution in [0.1, 0.15) is 56.5 Å². The number of carbonyl (C=O) groups is 1. The van der Waals surface area contributed by atoms with Crippen molar-refractivity contribution in [3.63, 3.8) is 0 Å². The third kappa shape index (κ3) is 2.92. The molecule has 0 bridgehead atoms. The van der Waals surface area contributed by atoms with Gasteiger partial charge in [0, 0.05) is 18.4 Å². The molecule has 0 atom stereocenters. The molecule has 2 nitrogen and oxygen atoms in total. The van der Waals surface area contributed by atoms with Crippen molar-refractivity contribution in [3.05, 3.63) is 29.3 Å². The van der Waals surface area contributed by atoms with Crippen molar-refractivity contribution in [2.75, 3.05) is 0 Å². The van der Waals surface area contributed by atoms with Crippen LogP contribution in [0.3, 0.4) is 0 Å². The van der Waals surface area contributed by atoms with Crippen LogP contribution < -0.4 is 4.74 Å². The van der Waals surface area contributed by atoms with E-state index in [1.54, 1.807) is 0 Å². The largest absolute Gasteiger partial charge is 0.487 e. The number of rotatable bonds is 4. The molecule has 98 valence electrons. The zero-order chi connectivity index (χ0) is 13.3. The van der Waals surface area contributed by atoms with Crippen molar-refractivity contribution in [3.8, 4) is 5.75 Å². The van der Waals surface area contributed by atoms with E-state index in [1.807, 2.05) is 18.2 Å². The van der Waals surface area contributed by atoms with Gasteiger partial charge in [0.25, 0.3) is 0 Å². The highest BCUT2D eigenvalue weighted by molar-refractivity contribution is 5.96. The van der Waals surface area contributed by atoms with Gasteiger partial charge < -0.3 is 4.74 Å². The Labute approximate surface area is 109 Å². The molecule has 0 spiro atoms. The summed E-state index contributed by atoms with van der Waals surface area (Å²) in [4.78, 5) is 12.1. The van der Waals surface area contributed by atoms with Gasteiger partial charge >= 0.3 is 0 Å². The predicted molar refractivity (Wildman–Crippen MR) is 73.3 cm³/mol. The van der Waals surface area contributed by atoms with Gasteiger partial charge in [-0.3, -0.25) is 4.79 Å². The molecule has 0 unspecified atom stereocenters. The molecule has 0 fully saturated rings. The number of hydrogen-bond acceptors (Lipinski definition) is 2. The summed E-state index contributed by atoms with van der Waals surface area (Å²) in [7, 11) is 0. The summed E-state index contributed by atoms with van der Waals surface area (Å²) >= 11 is 0. The van der Waals surface area contributed by atoms with Crippen LogP contribution in [0.25, 0.3) is 0 Å². The summed E-state index contributed by atoms with van der Waals surface area (Å²) < 4.78 is 5.82. The van der Waals surface area contributed by atoms with Crippen LogP contribution in [-0.2, 0) is 6.42 Å². The van der Waals surface area contributed by atoms with Gasteiger partial charge in [0.15, 0.2) is 5.78 Å². The van der Waals surface area contributed by atoms with E-state index in [2.05, 4.69) is 27.7 Å². The number of ether oxygens (including phenoxy) is 1. The van der Waals surface area contributed by atoms with Crippen LogP contribution in [0.2, 0.25) is 0 Å². The maximum atomic E-state index is 12.1. The number of hydrogen-bond donors (Lipinski definition) is 0. The Bertz CT molecular complexity index is 458. The van der Waals surface area contributed by atoms with Crippen LogP contribution >= 0.6 is 0 Å². The smallest absolute Gasteiger partial charge is 0.162 e. The van der Waals surface area contributed by atoms with E-state index < -0.39 is 0 Å². The van der Waals surface area contributed by atoms with Gasteiger partial charge in [-0.05, 0) is 49.9 Å². The Kier molecular flexibility index (Phi) is 3.47. The Balaban J connectivity index is 2.11. The second-order valence-corrected chi connectivity index (χ2v) is 6.22. The second-order valence-electron chi connectivity index (χ2n) is 6.22. The molecular formula is C16H22O2. The lowest BCUT2D eigenvalue weighted by Crippen LogP contribution is -2.24. The van der Waals surface area contributed by atoms with Gasteiger partial charge in [0.2, 0.25) is 0 Å². The summed E-state index contributed by atoms with van der Waals surface area (Å²) in [6.07, 6.45) is 2.48. The molecule has 2 rings (SSSR count). The zero-order valence-electron chi connectivity index (χ0n) is 11.7. The molecule has 0 radical (unpaired) electrons. The molecule has 0 saturated carbocycles. The van der Waals surface area contributed by atoms with Gasteiger partial charge in [-0.15, -0.1) is 0 Å². The van der Waals surface area contributed by atoms with Crippen molar-refractivity contribution in [2.24, 2.45) is 5.92 Å². The summed E-state index contributed by atoms with van der Waals surface area (Å²) in [5.74, 6) is 1.75. The van der Waals surface area contributed by atoms with Crippen LogP contribution in [-0.4, -0.2) is 11.4 Å². The van der Waals surface area contributed by atoms with Crippen LogP contribution in [0.4, 0.5) is 0 Å². The molecule has 0 aliphatic carbocycles. The van der Waals surface area contributed by atoms with Crippen LogP contribution in [0.5, 0.6) is 5.75 Å². The Morgan fingerprint density at radius 1 is 1.39 bits per heavy atom. The minimum Gasteiger partial charge on any atom is -0.487 e. The molecule has 1 heterocycles. The summed E-state index contributed by atoms with van der Waals surface area (Å²) in [6, 6.07) is 5.84. The van der Waals surface area contributed by atoms with Gasteiger partial charge in [0.05, 0.1) is 0 Å². The van der Waals surface area contributed by atoms with E-state index in [0.29, 0.717) is 12.3 Å². The van der Waals surface area contributed by atoms with Crippen LogP contribution in [0, 0.1) is 5.92 Å². The average Bonchev–Trinajstić information content (AvgIpc) is 2.58. The SMILES string of the molecule is CC(C)CCC(=O)c1ccc2c(c1)CC(C)(C)O2. The highest BCUT2D eigenvalue weighted by Gasteiger charge is 2.30. The van der Waals surface area contributed by atoms with E-state index in [4.69, 9.17) is 4.74 Å². The van der Waals surface area contributed by atoms with E-state index in [-0.39, 0.29) is 11.4 Å². The number of Topliss-reactive ketones (excluding diaryl/α,β-unsaturated/α-hetero) is 1. The minimum absolute atomic E-state index is 0.137. The second kappa shape index (κ2) is 4.75. The third-order valence-corrected chi connectivity index (χ3v) is 3.33. The molecule has 0 aromatic heterocycles. The predicted octanol–water partition coefficient (Wildman–Crippen LogP) is 4.02. The normalized spacial score (nSPS) is 16.5. The van der Waals surface area contributed by atoms with E-state index in [1.165, 1.54) is 0 Å². The molecule has 2 heteroatoms. The van der Waals surface area contributed by atoms with Crippen molar-refractivity contribution >= 4 is 5.78 Å². The minimum atomic E-state index is -0.137. The fraction of sp³-hybridized carbons (Fsp3) is 0.562. The standard InChI is InChI=1S/C16H22O2/c1-11(2)5-7-14(17)12-6-8-15-13(9-12)10-16(3,4)18-15/h6,8-9,11H,5,7,10H2,1-4H3. The first kappa shape index (κ1) is 13.1. The Hall–Kier alpha value is -1.31. The van der Waals surface area contributed by atoms with Gasteiger partial charge in [-0.2, -0.15) is 0 Å². The quantitative estimate of drug-likeness (QED) is 0.750. The first-order chi connectivity index (χ1) is 8.37. The summed E-state index contributed by atoms with van der Waals surface area (Å²) in [6.45, 7) is 8.44. The van der Waals surface area contributed by atoms with Crippen LogP contribution in [0.15, 0.2) is 18.2 Å². The number of carbonyl (C=O) groups excluding carboxylic acids is 1. The van der Waals surface area contributed by atoms with Crippen molar-refractivity contribution in [1.82, 2.24) is 0 Å². The number of fused-ring (bicyclic) bond motifs is 1.